The molecule has 148 valence electrons. The Morgan fingerprint density at radius 2 is 2.04 bits per heavy atom. The zero-order valence-corrected chi connectivity index (χ0v) is 16.9. The molecule has 1 amide bonds. The van der Waals surface area contributed by atoms with Gasteiger partial charge in [0.15, 0.2) is 5.16 Å². The van der Waals surface area contributed by atoms with Crippen LogP contribution in [0.15, 0.2) is 34.2 Å². The van der Waals surface area contributed by atoms with Crippen molar-refractivity contribution in [3.63, 3.8) is 0 Å². The van der Waals surface area contributed by atoms with Crippen LogP contribution in [-0.2, 0) is 11.3 Å². The number of carbonyl (C=O) groups excluding carboxylic acids is 1. The number of benzene rings is 1. The first-order valence-corrected chi connectivity index (χ1v) is 11.0. The molecule has 2 heterocycles. The van der Waals surface area contributed by atoms with Gasteiger partial charge in [0.05, 0.1) is 16.7 Å². The van der Waals surface area contributed by atoms with Crippen LogP contribution < -0.4 is 10.9 Å². The van der Waals surface area contributed by atoms with E-state index in [4.69, 9.17) is 0 Å². The predicted molar refractivity (Wildman–Crippen MR) is 111 cm³/mol. The molecule has 0 aliphatic heterocycles. The van der Waals surface area contributed by atoms with Crippen molar-refractivity contribution in [2.24, 2.45) is 0 Å². The summed E-state index contributed by atoms with van der Waals surface area (Å²) in [5.41, 5.74) is 0.735. The van der Waals surface area contributed by atoms with Crippen molar-refractivity contribution in [1.82, 2.24) is 24.5 Å². The fraction of sp³-hybridized carbons (Fsp3) is 0.500. The number of thioether (sulfide) groups is 1. The molecule has 1 saturated carbocycles. The lowest BCUT2D eigenvalue weighted by Gasteiger charge is -2.12. The Balaban J connectivity index is 1.66. The van der Waals surface area contributed by atoms with Crippen LogP contribution in [0.5, 0.6) is 0 Å². The molecular formula is C20H25N5O2S. The molecule has 0 bridgehead atoms. The van der Waals surface area contributed by atoms with Gasteiger partial charge in [-0.15, -0.1) is 10.2 Å². The second-order valence-corrected chi connectivity index (χ2v) is 8.23. The van der Waals surface area contributed by atoms with E-state index in [-0.39, 0.29) is 11.5 Å². The molecule has 0 atom stereocenters. The number of carbonyl (C=O) groups is 1. The summed E-state index contributed by atoms with van der Waals surface area (Å²) < 4.78 is 3.60. The highest BCUT2D eigenvalue weighted by molar-refractivity contribution is 7.99. The Bertz CT molecular complexity index is 1050. The van der Waals surface area contributed by atoms with Gasteiger partial charge in [0.2, 0.25) is 11.7 Å². The molecule has 1 aliphatic rings. The van der Waals surface area contributed by atoms with Gasteiger partial charge in [-0.25, -0.2) is 0 Å². The number of rotatable bonds is 7. The molecule has 28 heavy (non-hydrogen) atoms. The number of amides is 1. The number of nitrogens with one attached hydrogen (secondary N) is 1. The topological polar surface area (TPSA) is 81.3 Å². The monoisotopic (exact) mass is 399 g/mol. The summed E-state index contributed by atoms with van der Waals surface area (Å²) >= 11 is 1.36. The lowest BCUT2D eigenvalue weighted by molar-refractivity contribution is -0.119. The van der Waals surface area contributed by atoms with Gasteiger partial charge in [0, 0.05) is 12.6 Å². The summed E-state index contributed by atoms with van der Waals surface area (Å²) in [7, 11) is 0. The number of para-hydroxylation sites is 1. The van der Waals surface area contributed by atoms with E-state index in [0.717, 1.165) is 31.2 Å². The SMILES string of the molecule is CCCCn1c(=O)c2ccccc2n2c(SCC(=O)NC3CCCC3)nnc12. The Morgan fingerprint density at radius 1 is 1.25 bits per heavy atom. The van der Waals surface area contributed by atoms with Crippen molar-refractivity contribution in [2.75, 3.05) is 5.75 Å². The maximum Gasteiger partial charge on any atom is 0.262 e. The summed E-state index contributed by atoms with van der Waals surface area (Å²) in [4.78, 5) is 25.2. The van der Waals surface area contributed by atoms with Gasteiger partial charge in [-0.3, -0.25) is 18.6 Å². The van der Waals surface area contributed by atoms with E-state index in [9.17, 15) is 9.59 Å². The van der Waals surface area contributed by atoms with Crippen LogP contribution in [0.3, 0.4) is 0 Å². The van der Waals surface area contributed by atoms with Gasteiger partial charge in [0.25, 0.3) is 5.56 Å². The molecule has 1 aliphatic carbocycles. The van der Waals surface area contributed by atoms with Crippen molar-refractivity contribution in [3.8, 4) is 0 Å². The number of fused-ring (bicyclic) bond motifs is 3. The van der Waals surface area contributed by atoms with E-state index < -0.39 is 0 Å². The number of aromatic nitrogens is 4. The van der Waals surface area contributed by atoms with E-state index in [2.05, 4.69) is 22.4 Å². The summed E-state index contributed by atoms with van der Waals surface area (Å²) in [6.07, 6.45) is 6.40. The van der Waals surface area contributed by atoms with Gasteiger partial charge < -0.3 is 5.32 Å². The maximum atomic E-state index is 12.9. The van der Waals surface area contributed by atoms with E-state index in [1.165, 1.54) is 24.6 Å². The van der Waals surface area contributed by atoms with Crippen LogP contribution in [0.1, 0.15) is 45.4 Å². The third-order valence-corrected chi connectivity index (χ3v) is 6.20. The molecule has 0 unspecified atom stereocenters. The number of hydrogen-bond donors (Lipinski definition) is 1. The van der Waals surface area contributed by atoms with Crippen molar-refractivity contribution < 1.29 is 4.79 Å². The Hall–Kier alpha value is -2.35. The fourth-order valence-electron chi connectivity index (χ4n) is 3.81. The molecule has 1 aromatic carbocycles. The number of unbranched alkanes of at least 4 members (excludes halogenated alkanes) is 1. The van der Waals surface area contributed by atoms with E-state index in [1.807, 2.05) is 28.7 Å². The van der Waals surface area contributed by atoms with E-state index in [0.29, 0.717) is 34.7 Å². The van der Waals surface area contributed by atoms with Crippen LogP contribution in [0.2, 0.25) is 0 Å². The zero-order valence-electron chi connectivity index (χ0n) is 16.1. The third kappa shape index (κ3) is 3.65. The molecule has 2 aromatic heterocycles. The normalized spacial score (nSPS) is 14.9. The van der Waals surface area contributed by atoms with E-state index in [1.54, 1.807) is 4.57 Å². The minimum absolute atomic E-state index is 0.0252. The Morgan fingerprint density at radius 3 is 2.82 bits per heavy atom. The molecule has 3 aromatic rings. The van der Waals surface area contributed by atoms with Gasteiger partial charge in [-0.05, 0) is 31.4 Å². The van der Waals surface area contributed by atoms with Crippen molar-refractivity contribution in [2.45, 2.75) is 63.2 Å². The molecule has 4 rings (SSSR count). The first-order chi connectivity index (χ1) is 13.7. The highest BCUT2D eigenvalue weighted by atomic mass is 32.2. The van der Waals surface area contributed by atoms with Crippen LogP contribution in [0.25, 0.3) is 16.7 Å². The fourth-order valence-corrected chi connectivity index (χ4v) is 4.57. The van der Waals surface area contributed by atoms with Crippen molar-refractivity contribution in [3.05, 3.63) is 34.6 Å². The van der Waals surface area contributed by atoms with Gasteiger partial charge >= 0.3 is 0 Å². The third-order valence-electron chi connectivity index (χ3n) is 5.27. The molecule has 0 spiro atoms. The smallest absolute Gasteiger partial charge is 0.262 e. The van der Waals surface area contributed by atoms with Crippen LogP contribution >= 0.6 is 11.8 Å². The molecule has 1 fully saturated rings. The molecule has 7 nitrogen and oxygen atoms in total. The second-order valence-electron chi connectivity index (χ2n) is 7.28. The lowest BCUT2D eigenvalue weighted by atomic mass is 10.2. The summed E-state index contributed by atoms with van der Waals surface area (Å²) in [6, 6.07) is 7.81. The van der Waals surface area contributed by atoms with Crippen molar-refractivity contribution >= 4 is 34.3 Å². The first-order valence-electron chi connectivity index (χ1n) is 9.98. The molecule has 8 heteroatoms. The summed E-state index contributed by atoms with van der Waals surface area (Å²) in [5, 5.41) is 13.0. The number of hydrogen-bond acceptors (Lipinski definition) is 5. The second kappa shape index (κ2) is 8.34. The van der Waals surface area contributed by atoms with Gasteiger partial charge in [-0.1, -0.05) is 50.1 Å². The van der Waals surface area contributed by atoms with Crippen LogP contribution in [0, 0.1) is 0 Å². The molecule has 0 radical (unpaired) electrons. The Kier molecular flexibility index (Phi) is 5.66. The Labute approximate surface area is 167 Å². The van der Waals surface area contributed by atoms with E-state index >= 15 is 0 Å². The maximum absolute atomic E-state index is 12.9. The minimum Gasteiger partial charge on any atom is -0.353 e. The number of aryl methyl sites for hydroxylation is 1. The highest BCUT2D eigenvalue weighted by Crippen LogP contribution is 2.22. The lowest BCUT2D eigenvalue weighted by Crippen LogP contribution is -2.33. The number of nitrogens with zero attached hydrogens (tertiary/aromatic N) is 4. The quantitative estimate of drug-likeness (QED) is 0.618. The van der Waals surface area contributed by atoms with Gasteiger partial charge in [-0.2, -0.15) is 0 Å². The molecule has 1 N–H and O–H groups in total. The zero-order chi connectivity index (χ0) is 19.5. The van der Waals surface area contributed by atoms with Crippen molar-refractivity contribution in [1.29, 1.82) is 0 Å². The highest BCUT2D eigenvalue weighted by Gasteiger charge is 2.19. The average molecular weight is 400 g/mol. The summed E-state index contributed by atoms with van der Waals surface area (Å²) in [6.45, 7) is 2.70. The average Bonchev–Trinajstić information content (AvgIpc) is 3.36. The van der Waals surface area contributed by atoms with Crippen LogP contribution in [-0.4, -0.2) is 36.9 Å². The standard InChI is InChI=1S/C20H25N5O2S/c1-2-3-12-24-18(27)15-10-6-7-11-16(15)25-19(24)22-23-20(25)28-13-17(26)21-14-8-4-5-9-14/h6-7,10-11,14H,2-5,8-9,12-13H2,1H3,(H,21,26). The first kappa shape index (κ1) is 19.0. The van der Waals surface area contributed by atoms with Crippen LogP contribution in [0.4, 0.5) is 0 Å². The molecular weight excluding hydrogens is 374 g/mol. The summed E-state index contributed by atoms with van der Waals surface area (Å²) in [5.74, 6) is 0.854. The van der Waals surface area contributed by atoms with Gasteiger partial charge in [0.1, 0.15) is 0 Å². The largest absolute Gasteiger partial charge is 0.353 e. The molecule has 0 saturated heterocycles. The predicted octanol–water partition coefficient (Wildman–Crippen LogP) is 3.00. The minimum atomic E-state index is -0.0422.